The van der Waals surface area contributed by atoms with Gasteiger partial charge in [-0.3, -0.25) is 9.69 Å². The molecule has 26 heavy (non-hydrogen) atoms. The number of nitrogens with zero attached hydrogens (tertiary/aromatic N) is 2. The summed E-state index contributed by atoms with van der Waals surface area (Å²) in [6.45, 7) is 4.25. The van der Waals surface area contributed by atoms with Gasteiger partial charge in [-0.2, -0.15) is 0 Å². The first-order chi connectivity index (χ1) is 12.5. The Balaban J connectivity index is 1.75. The van der Waals surface area contributed by atoms with Gasteiger partial charge < -0.3 is 9.73 Å². The summed E-state index contributed by atoms with van der Waals surface area (Å²) in [5.41, 5.74) is 1.54. The van der Waals surface area contributed by atoms with Crippen molar-refractivity contribution in [3.05, 3.63) is 63.5 Å². The number of halogens is 2. The predicted molar refractivity (Wildman–Crippen MR) is 104 cm³/mol. The number of carbonyl (C=O) groups excluding carboxylic acids is 1. The first-order valence-corrected chi connectivity index (χ1v) is 9.66. The van der Waals surface area contributed by atoms with E-state index < -0.39 is 0 Å². The van der Waals surface area contributed by atoms with Gasteiger partial charge in [-0.25, -0.2) is 4.98 Å². The highest BCUT2D eigenvalue weighted by atomic mass is 35.5. The molecule has 0 fully saturated rings. The molecule has 0 radical (unpaired) electrons. The second-order valence-corrected chi connectivity index (χ2v) is 7.47. The number of quaternary nitrogens is 1. The van der Waals surface area contributed by atoms with Crippen molar-refractivity contribution < 1.29 is 14.5 Å². The van der Waals surface area contributed by atoms with E-state index in [4.69, 9.17) is 27.6 Å². The molecule has 0 saturated carbocycles. The highest BCUT2D eigenvalue weighted by Gasteiger charge is 2.20. The SMILES string of the molecule is CC(=O)N(c1ccc(Cl)c(Cl)c1)c1nc(C[NH2+][C@@H](C)c2ccco2)cs1. The number of nitrogens with two attached hydrogens (primary N) is 1. The second-order valence-electron chi connectivity index (χ2n) is 5.82. The highest BCUT2D eigenvalue weighted by Crippen LogP contribution is 2.33. The van der Waals surface area contributed by atoms with Crippen LogP contribution in [0.3, 0.4) is 0 Å². The molecule has 3 aromatic rings. The van der Waals surface area contributed by atoms with Crippen LogP contribution in [0.25, 0.3) is 0 Å². The third kappa shape index (κ3) is 4.27. The van der Waals surface area contributed by atoms with E-state index in [-0.39, 0.29) is 11.9 Å². The molecule has 1 amide bonds. The summed E-state index contributed by atoms with van der Waals surface area (Å²) < 4.78 is 5.41. The van der Waals surface area contributed by atoms with Gasteiger partial charge in [0, 0.05) is 12.3 Å². The van der Waals surface area contributed by atoms with Gasteiger partial charge >= 0.3 is 0 Å². The monoisotopic (exact) mass is 410 g/mol. The zero-order valence-electron chi connectivity index (χ0n) is 14.3. The first-order valence-electron chi connectivity index (χ1n) is 8.02. The number of hydrogen-bond donors (Lipinski definition) is 1. The second kappa shape index (κ2) is 8.22. The van der Waals surface area contributed by atoms with Gasteiger partial charge in [0.25, 0.3) is 0 Å². The van der Waals surface area contributed by atoms with Crippen LogP contribution in [0.1, 0.15) is 31.3 Å². The van der Waals surface area contributed by atoms with Gasteiger partial charge in [-0.05, 0) is 37.3 Å². The number of rotatable bonds is 6. The molecule has 0 aliphatic rings. The maximum atomic E-state index is 12.2. The zero-order chi connectivity index (χ0) is 18.7. The van der Waals surface area contributed by atoms with E-state index in [9.17, 15) is 4.79 Å². The maximum Gasteiger partial charge on any atom is 0.230 e. The highest BCUT2D eigenvalue weighted by molar-refractivity contribution is 7.14. The Hall–Kier alpha value is -1.86. The van der Waals surface area contributed by atoms with E-state index in [2.05, 4.69) is 17.2 Å². The smallest absolute Gasteiger partial charge is 0.230 e. The summed E-state index contributed by atoms with van der Waals surface area (Å²) >= 11 is 13.5. The number of furan rings is 1. The quantitative estimate of drug-likeness (QED) is 0.647. The summed E-state index contributed by atoms with van der Waals surface area (Å²) in [7, 11) is 0. The molecule has 0 unspecified atom stereocenters. The summed E-state index contributed by atoms with van der Waals surface area (Å²) in [6, 6.07) is 9.11. The minimum atomic E-state index is -0.141. The molecule has 136 valence electrons. The Morgan fingerprint density at radius 3 is 2.81 bits per heavy atom. The van der Waals surface area contributed by atoms with E-state index in [1.54, 1.807) is 24.5 Å². The van der Waals surface area contributed by atoms with Gasteiger partial charge in [0.15, 0.2) is 10.9 Å². The van der Waals surface area contributed by atoms with Crippen LogP contribution in [-0.4, -0.2) is 10.9 Å². The molecule has 0 spiro atoms. The van der Waals surface area contributed by atoms with E-state index >= 15 is 0 Å². The Kier molecular flexibility index (Phi) is 5.98. The lowest BCUT2D eigenvalue weighted by atomic mass is 10.2. The van der Waals surface area contributed by atoms with Crippen molar-refractivity contribution in [1.82, 2.24) is 4.98 Å². The Morgan fingerprint density at radius 1 is 1.35 bits per heavy atom. The van der Waals surface area contributed by atoms with E-state index in [0.29, 0.717) is 27.4 Å². The first kappa shape index (κ1) is 18.9. The fraction of sp³-hybridized carbons (Fsp3) is 0.222. The van der Waals surface area contributed by atoms with Crippen LogP contribution in [0.15, 0.2) is 46.4 Å². The predicted octanol–water partition coefficient (Wildman–Crippen LogP) is 4.55. The molecule has 5 nitrogen and oxygen atoms in total. The summed E-state index contributed by atoms with van der Waals surface area (Å²) in [5, 5.41) is 5.53. The Labute approximate surface area is 165 Å². The largest absolute Gasteiger partial charge is 0.463 e. The van der Waals surface area contributed by atoms with Crippen LogP contribution in [0, 0.1) is 0 Å². The number of carbonyl (C=O) groups is 1. The van der Waals surface area contributed by atoms with Crippen LogP contribution in [0.2, 0.25) is 10.0 Å². The fourth-order valence-electron chi connectivity index (χ4n) is 2.51. The number of benzene rings is 1. The average Bonchev–Trinajstić information content (AvgIpc) is 3.28. The van der Waals surface area contributed by atoms with Gasteiger partial charge in [0.2, 0.25) is 5.91 Å². The Bertz CT molecular complexity index is 896. The van der Waals surface area contributed by atoms with Crippen molar-refractivity contribution in [2.75, 3.05) is 4.90 Å². The third-order valence-corrected chi connectivity index (χ3v) is 5.49. The molecular weight excluding hydrogens is 393 g/mol. The van der Waals surface area contributed by atoms with Crippen molar-refractivity contribution >= 4 is 51.3 Å². The van der Waals surface area contributed by atoms with Crippen LogP contribution in [0.5, 0.6) is 0 Å². The fourth-order valence-corrected chi connectivity index (χ4v) is 3.70. The molecule has 3 rings (SSSR count). The van der Waals surface area contributed by atoms with Crippen LogP contribution < -0.4 is 10.2 Å². The van der Waals surface area contributed by atoms with Crippen LogP contribution in [-0.2, 0) is 11.3 Å². The molecule has 2 N–H and O–H groups in total. The van der Waals surface area contributed by atoms with Gasteiger partial charge in [0.1, 0.15) is 18.3 Å². The van der Waals surface area contributed by atoms with Crippen LogP contribution >= 0.6 is 34.5 Å². The lowest BCUT2D eigenvalue weighted by molar-refractivity contribution is -0.710. The van der Waals surface area contributed by atoms with Gasteiger partial charge in [0.05, 0.1) is 22.0 Å². The molecular formula is C18H18Cl2N3O2S+. The lowest BCUT2D eigenvalue weighted by Crippen LogP contribution is -2.83. The van der Waals surface area contributed by atoms with Crippen molar-refractivity contribution in [3.8, 4) is 0 Å². The standard InChI is InChI=1S/C18H17Cl2N3O2S/c1-11(17-4-3-7-25-17)21-9-13-10-26-18(22-13)23(12(2)24)14-5-6-15(19)16(20)8-14/h3-8,10-11,21H,9H2,1-2H3/p+1/t11-/m0/s1. The summed E-state index contributed by atoms with van der Waals surface area (Å²) in [4.78, 5) is 18.3. The van der Waals surface area contributed by atoms with Crippen molar-refractivity contribution in [1.29, 1.82) is 0 Å². The number of hydrogen-bond acceptors (Lipinski definition) is 4. The van der Waals surface area contributed by atoms with E-state index in [1.807, 2.05) is 17.5 Å². The van der Waals surface area contributed by atoms with Crippen molar-refractivity contribution in [2.24, 2.45) is 0 Å². The molecule has 0 saturated heterocycles. The number of aromatic nitrogens is 1. The zero-order valence-corrected chi connectivity index (χ0v) is 16.6. The van der Waals surface area contributed by atoms with E-state index in [1.165, 1.54) is 23.2 Å². The molecule has 1 atom stereocenters. The van der Waals surface area contributed by atoms with Crippen LogP contribution in [0.4, 0.5) is 10.8 Å². The number of thiazole rings is 1. The molecule has 2 heterocycles. The van der Waals surface area contributed by atoms with Crippen molar-refractivity contribution in [2.45, 2.75) is 26.4 Å². The average molecular weight is 411 g/mol. The maximum absolute atomic E-state index is 12.2. The molecule has 0 bridgehead atoms. The topological polar surface area (TPSA) is 63.0 Å². The van der Waals surface area contributed by atoms with Gasteiger partial charge in [-0.15, -0.1) is 11.3 Å². The summed E-state index contributed by atoms with van der Waals surface area (Å²) in [6.07, 6.45) is 1.67. The minimum absolute atomic E-state index is 0.141. The molecule has 8 heteroatoms. The van der Waals surface area contributed by atoms with Gasteiger partial charge in [-0.1, -0.05) is 23.2 Å². The third-order valence-electron chi connectivity index (χ3n) is 3.88. The number of anilines is 2. The normalized spacial score (nSPS) is 12.2. The summed E-state index contributed by atoms with van der Waals surface area (Å²) in [5.74, 6) is 0.777. The molecule has 0 aliphatic heterocycles. The molecule has 0 aliphatic carbocycles. The lowest BCUT2D eigenvalue weighted by Gasteiger charge is -2.18. The van der Waals surface area contributed by atoms with E-state index in [0.717, 1.165) is 11.5 Å². The molecule has 1 aromatic carbocycles. The minimum Gasteiger partial charge on any atom is -0.463 e. The number of amides is 1. The molecule has 2 aromatic heterocycles. The Morgan fingerprint density at radius 2 is 2.15 bits per heavy atom. The van der Waals surface area contributed by atoms with Crippen molar-refractivity contribution in [3.63, 3.8) is 0 Å².